The molecule has 0 radical (unpaired) electrons. The van der Waals surface area contributed by atoms with Crippen LogP contribution in [0.2, 0.25) is 0 Å². The molecule has 0 aromatic carbocycles. The minimum Gasteiger partial charge on any atom is -0.481 e. The van der Waals surface area contributed by atoms with Gasteiger partial charge in [0.05, 0.1) is 12.5 Å². The van der Waals surface area contributed by atoms with Crippen LogP contribution in [-0.2, 0) is 4.79 Å². The molecule has 0 spiro atoms. The Kier molecular flexibility index (Phi) is 4.42. The summed E-state index contributed by atoms with van der Waals surface area (Å²) >= 11 is 0. The maximum absolute atomic E-state index is 11.5. The molecule has 0 atom stereocenters. The Bertz CT molecular complexity index is 470. The van der Waals surface area contributed by atoms with Crippen LogP contribution in [0.5, 0.6) is 5.88 Å². The van der Waals surface area contributed by atoms with Crippen molar-refractivity contribution in [1.82, 2.24) is 9.97 Å². The van der Waals surface area contributed by atoms with Crippen molar-refractivity contribution in [2.45, 2.75) is 32.6 Å². The van der Waals surface area contributed by atoms with Gasteiger partial charge in [-0.2, -0.15) is 0 Å². The van der Waals surface area contributed by atoms with Gasteiger partial charge in [-0.15, -0.1) is 0 Å². The molecule has 1 aromatic heterocycles. The number of rotatable bonds is 5. The highest BCUT2D eigenvalue weighted by atomic mass is 16.5. The summed E-state index contributed by atoms with van der Waals surface area (Å²) in [6.45, 7) is 3.44. The van der Waals surface area contributed by atoms with Crippen LogP contribution >= 0.6 is 0 Å². The fraction of sp³-hybridized carbons (Fsp3) is 0.643. The molecule has 1 aromatic rings. The molecule has 1 saturated heterocycles. The number of nitrogens with zero attached hydrogens (tertiary/aromatic N) is 3. The number of aliphatic carboxylic acids is 1. The smallest absolute Gasteiger partial charge is 0.309 e. The van der Waals surface area contributed by atoms with E-state index in [0.717, 1.165) is 18.7 Å². The normalized spacial score (nSPS) is 17.8. The fourth-order valence-electron chi connectivity index (χ4n) is 2.83. The van der Waals surface area contributed by atoms with E-state index >= 15 is 0 Å². The van der Waals surface area contributed by atoms with Gasteiger partial charge in [0.25, 0.3) is 0 Å². The number of carboxylic acids is 1. The number of hydrogen-bond donors (Lipinski definition) is 1. The number of ether oxygens (including phenoxy) is 1. The second-order valence-corrected chi connectivity index (χ2v) is 5.24. The predicted molar refractivity (Wildman–Crippen MR) is 75.0 cm³/mol. The Morgan fingerprint density at radius 1 is 1.45 bits per heavy atom. The van der Waals surface area contributed by atoms with Crippen LogP contribution in [0.1, 0.15) is 32.6 Å². The van der Waals surface area contributed by atoms with Crippen molar-refractivity contribution < 1.29 is 14.6 Å². The maximum Gasteiger partial charge on any atom is 0.309 e. The molecule has 0 saturated carbocycles. The number of methoxy groups -OCH3 is 1. The first-order valence-corrected chi connectivity index (χ1v) is 6.95. The molecule has 1 aliphatic rings. The molecule has 6 heteroatoms. The van der Waals surface area contributed by atoms with Crippen molar-refractivity contribution >= 4 is 11.8 Å². The lowest BCUT2D eigenvalue weighted by Gasteiger charge is -2.39. The van der Waals surface area contributed by atoms with Crippen LogP contribution in [0.4, 0.5) is 5.82 Å². The molecule has 0 unspecified atom stereocenters. The number of piperidine rings is 1. The third-order valence-electron chi connectivity index (χ3n) is 4.06. The average molecular weight is 279 g/mol. The Hall–Kier alpha value is -1.85. The Morgan fingerprint density at radius 2 is 2.15 bits per heavy atom. The number of anilines is 1. The predicted octanol–water partition coefficient (Wildman–Crippen LogP) is 1.96. The van der Waals surface area contributed by atoms with E-state index in [4.69, 9.17) is 4.74 Å². The SMILES string of the molecule is CCCC1(C(=O)O)CCN(c2cc(OC)ncn2)CC1. The highest BCUT2D eigenvalue weighted by Crippen LogP contribution is 2.37. The van der Waals surface area contributed by atoms with Gasteiger partial charge >= 0.3 is 5.97 Å². The lowest BCUT2D eigenvalue weighted by molar-refractivity contribution is -0.150. The first-order chi connectivity index (χ1) is 9.61. The zero-order valence-electron chi connectivity index (χ0n) is 12.0. The molecule has 1 N–H and O–H groups in total. The summed E-state index contributed by atoms with van der Waals surface area (Å²) in [6.07, 6.45) is 4.42. The molecule has 0 bridgehead atoms. The van der Waals surface area contributed by atoms with Crippen LogP contribution in [0, 0.1) is 5.41 Å². The van der Waals surface area contributed by atoms with Gasteiger partial charge < -0.3 is 14.7 Å². The van der Waals surface area contributed by atoms with E-state index in [9.17, 15) is 9.90 Å². The summed E-state index contributed by atoms with van der Waals surface area (Å²) in [4.78, 5) is 21.9. The molecular formula is C14H21N3O3. The second kappa shape index (κ2) is 6.07. The highest BCUT2D eigenvalue weighted by Gasteiger charge is 2.40. The molecule has 1 aliphatic heterocycles. The van der Waals surface area contributed by atoms with Crippen LogP contribution in [0.3, 0.4) is 0 Å². The van der Waals surface area contributed by atoms with E-state index < -0.39 is 11.4 Å². The summed E-state index contributed by atoms with van der Waals surface area (Å²) in [5.41, 5.74) is -0.567. The van der Waals surface area contributed by atoms with Crippen LogP contribution in [-0.4, -0.2) is 41.2 Å². The molecule has 2 heterocycles. The van der Waals surface area contributed by atoms with Gasteiger partial charge in [0.15, 0.2) is 0 Å². The van der Waals surface area contributed by atoms with Gasteiger partial charge in [0.1, 0.15) is 12.1 Å². The molecule has 20 heavy (non-hydrogen) atoms. The lowest BCUT2D eigenvalue weighted by Crippen LogP contribution is -2.44. The third-order valence-corrected chi connectivity index (χ3v) is 4.06. The van der Waals surface area contributed by atoms with Crippen molar-refractivity contribution in [1.29, 1.82) is 0 Å². The number of carbonyl (C=O) groups is 1. The van der Waals surface area contributed by atoms with Gasteiger partial charge in [0.2, 0.25) is 5.88 Å². The molecule has 0 amide bonds. The summed E-state index contributed by atoms with van der Waals surface area (Å²) < 4.78 is 5.09. The van der Waals surface area contributed by atoms with Crippen LogP contribution in [0.25, 0.3) is 0 Å². The summed E-state index contributed by atoms with van der Waals surface area (Å²) in [7, 11) is 1.57. The largest absolute Gasteiger partial charge is 0.481 e. The molecule has 110 valence electrons. The van der Waals surface area contributed by atoms with E-state index in [1.165, 1.54) is 6.33 Å². The topological polar surface area (TPSA) is 75.5 Å². The van der Waals surface area contributed by atoms with E-state index in [2.05, 4.69) is 14.9 Å². The molecule has 0 aliphatic carbocycles. The Balaban J connectivity index is 2.08. The molecule has 6 nitrogen and oxygen atoms in total. The standard InChI is InChI=1S/C14H21N3O3/c1-3-4-14(13(18)19)5-7-17(8-6-14)11-9-12(20-2)16-10-15-11/h9-10H,3-8H2,1-2H3,(H,18,19). The number of aromatic nitrogens is 2. The van der Waals surface area contributed by atoms with E-state index in [-0.39, 0.29) is 0 Å². The van der Waals surface area contributed by atoms with Crippen molar-refractivity contribution in [2.75, 3.05) is 25.1 Å². The van der Waals surface area contributed by atoms with E-state index in [1.54, 1.807) is 13.2 Å². The summed E-state index contributed by atoms with van der Waals surface area (Å²) in [6, 6.07) is 1.79. The van der Waals surface area contributed by atoms with Gasteiger partial charge in [-0.25, -0.2) is 9.97 Å². The lowest BCUT2D eigenvalue weighted by atomic mass is 9.75. The zero-order chi connectivity index (χ0) is 14.6. The molecule has 1 fully saturated rings. The monoisotopic (exact) mass is 279 g/mol. The minimum absolute atomic E-state index is 0.527. The maximum atomic E-state index is 11.5. The van der Waals surface area contributed by atoms with Crippen LogP contribution in [0.15, 0.2) is 12.4 Å². The van der Waals surface area contributed by atoms with Gasteiger partial charge in [0, 0.05) is 19.2 Å². The number of carboxylic acid groups (broad SMARTS) is 1. The summed E-state index contributed by atoms with van der Waals surface area (Å²) in [5.74, 6) is 0.658. The zero-order valence-corrected chi connectivity index (χ0v) is 12.0. The fourth-order valence-corrected chi connectivity index (χ4v) is 2.83. The molecule has 2 rings (SSSR count). The van der Waals surface area contributed by atoms with E-state index in [1.807, 2.05) is 6.92 Å². The molecular weight excluding hydrogens is 258 g/mol. The Morgan fingerprint density at radius 3 is 2.70 bits per heavy atom. The van der Waals surface area contributed by atoms with Gasteiger partial charge in [-0.3, -0.25) is 4.79 Å². The Labute approximate surface area is 118 Å². The first kappa shape index (κ1) is 14.6. The van der Waals surface area contributed by atoms with Crippen molar-refractivity contribution in [3.63, 3.8) is 0 Å². The first-order valence-electron chi connectivity index (χ1n) is 6.95. The highest BCUT2D eigenvalue weighted by molar-refractivity contribution is 5.75. The number of hydrogen-bond acceptors (Lipinski definition) is 5. The minimum atomic E-state index is -0.667. The van der Waals surface area contributed by atoms with Crippen molar-refractivity contribution in [3.05, 3.63) is 12.4 Å². The van der Waals surface area contributed by atoms with Crippen molar-refractivity contribution in [2.24, 2.45) is 5.41 Å². The average Bonchev–Trinajstić information content (AvgIpc) is 2.48. The van der Waals surface area contributed by atoms with Crippen LogP contribution < -0.4 is 9.64 Å². The third kappa shape index (κ3) is 2.84. The second-order valence-electron chi connectivity index (χ2n) is 5.24. The van der Waals surface area contributed by atoms with Gasteiger partial charge in [-0.1, -0.05) is 13.3 Å². The summed E-state index contributed by atoms with van der Waals surface area (Å²) in [5, 5.41) is 9.49. The van der Waals surface area contributed by atoms with E-state index in [0.29, 0.717) is 31.8 Å². The van der Waals surface area contributed by atoms with Crippen molar-refractivity contribution in [3.8, 4) is 5.88 Å². The van der Waals surface area contributed by atoms with Gasteiger partial charge in [-0.05, 0) is 19.3 Å². The quantitative estimate of drug-likeness (QED) is 0.888.